The summed E-state index contributed by atoms with van der Waals surface area (Å²) in [5.41, 5.74) is 3.49. The van der Waals surface area contributed by atoms with Crippen LogP contribution < -0.4 is 11.3 Å². The molecule has 0 aliphatic carbocycles. The van der Waals surface area contributed by atoms with E-state index >= 15 is 0 Å². The van der Waals surface area contributed by atoms with Crippen molar-refractivity contribution in [2.75, 3.05) is 0 Å². The van der Waals surface area contributed by atoms with Crippen molar-refractivity contribution in [2.24, 2.45) is 5.84 Å². The summed E-state index contributed by atoms with van der Waals surface area (Å²) in [5.74, 6) is 3.71. The summed E-state index contributed by atoms with van der Waals surface area (Å²) in [6.45, 7) is 4.03. The second-order valence-electron chi connectivity index (χ2n) is 4.95. The van der Waals surface area contributed by atoms with Gasteiger partial charge in [-0.25, -0.2) is 8.78 Å². The van der Waals surface area contributed by atoms with Crippen LogP contribution in [0.3, 0.4) is 0 Å². The van der Waals surface area contributed by atoms with Crippen LogP contribution in [0.5, 0.6) is 0 Å². The van der Waals surface area contributed by atoms with Crippen molar-refractivity contribution < 1.29 is 8.78 Å². The third-order valence-electron chi connectivity index (χ3n) is 3.16. The molecule has 2 aromatic rings. The van der Waals surface area contributed by atoms with Crippen LogP contribution >= 0.6 is 0 Å². The minimum Gasteiger partial charge on any atom is -0.271 e. The van der Waals surface area contributed by atoms with E-state index in [0.29, 0.717) is 6.42 Å². The molecule has 1 atom stereocenters. The Bertz CT molecular complexity index is 580. The van der Waals surface area contributed by atoms with E-state index in [9.17, 15) is 8.78 Å². The molecule has 0 amide bonds. The van der Waals surface area contributed by atoms with Crippen molar-refractivity contribution >= 4 is 0 Å². The number of hydrogen-bond donors (Lipinski definition) is 2. The van der Waals surface area contributed by atoms with E-state index in [0.717, 1.165) is 11.8 Å². The first kappa shape index (κ1) is 14.6. The van der Waals surface area contributed by atoms with Crippen LogP contribution in [-0.2, 0) is 6.42 Å². The first-order chi connectivity index (χ1) is 9.52. The van der Waals surface area contributed by atoms with Crippen LogP contribution in [-0.4, -0.2) is 9.78 Å². The lowest BCUT2D eigenvalue weighted by Crippen LogP contribution is -2.30. The first-order valence-electron chi connectivity index (χ1n) is 6.47. The molecule has 0 spiro atoms. The van der Waals surface area contributed by atoms with Crippen molar-refractivity contribution in [3.63, 3.8) is 0 Å². The first-order valence-corrected chi connectivity index (χ1v) is 6.47. The molecule has 1 aromatic carbocycles. The molecule has 0 aliphatic rings. The Balaban J connectivity index is 2.22. The predicted molar refractivity (Wildman–Crippen MR) is 72.7 cm³/mol. The van der Waals surface area contributed by atoms with Gasteiger partial charge in [0.2, 0.25) is 0 Å². The molecule has 2 rings (SSSR count). The van der Waals surface area contributed by atoms with Gasteiger partial charge in [0.15, 0.2) is 11.6 Å². The van der Waals surface area contributed by atoms with Gasteiger partial charge in [-0.15, -0.1) is 0 Å². The molecule has 0 saturated heterocycles. The van der Waals surface area contributed by atoms with Crippen LogP contribution in [0.1, 0.15) is 37.2 Å². The van der Waals surface area contributed by atoms with Crippen molar-refractivity contribution in [1.82, 2.24) is 15.2 Å². The summed E-state index contributed by atoms with van der Waals surface area (Å²) >= 11 is 0. The summed E-state index contributed by atoms with van der Waals surface area (Å²) in [7, 11) is 0. The van der Waals surface area contributed by atoms with Gasteiger partial charge in [0, 0.05) is 24.2 Å². The fraction of sp³-hybridized carbons (Fsp3) is 0.357. The van der Waals surface area contributed by atoms with Gasteiger partial charge in [-0.05, 0) is 26.0 Å². The van der Waals surface area contributed by atoms with E-state index in [1.165, 1.54) is 12.1 Å². The maximum Gasteiger partial charge on any atom is 0.163 e. The van der Waals surface area contributed by atoms with E-state index in [1.807, 2.05) is 30.8 Å². The Kier molecular flexibility index (Phi) is 4.46. The van der Waals surface area contributed by atoms with Gasteiger partial charge < -0.3 is 0 Å². The van der Waals surface area contributed by atoms with Crippen molar-refractivity contribution in [3.05, 3.63) is 53.4 Å². The molecule has 0 bridgehead atoms. The molecular weight excluding hydrogens is 262 g/mol. The Morgan fingerprint density at radius 2 is 2.05 bits per heavy atom. The van der Waals surface area contributed by atoms with Crippen LogP contribution in [0.25, 0.3) is 0 Å². The molecule has 0 fully saturated rings. The Morgan fingerprint density at radius 3 is 2.65 bits per heavy atom. The monoisotopic (exact) mass is 280 g/mol. The fourth-order valence-corrected chi connectivity index (χ4v) is 2.03. The van der Waals surface area contributed by atoms with E-state index < -0.39 is 17.7 Å². The normalized spacial score (nSPS) is 12.9. The van der Waals surface area contributed by atoms with E-state index in [-0.39, 0.29) is 11.6 Å². The highest BCUT2D eigenvalue weighted by Gasteiger charge is 2.18. The topological polar surface area (TPSA) is 55.9 Å². The van der Waals surface area contributed by atoms with E-state index in [2.05, 4.69) is 10.5 Å². The molecule has 1 aromatic heterocycles. The quantitative estimate of drug-likeness (QED) is 0.653. The molecule has 6 heteroatoms. The number of benzene rings is 1. The maximum atomic E-state index is 13.8. The number of halogens is 2. The zero-order valence-corrected chi connectivity index (χ0v) is 11.5. The summed E-state index contributed by atoms with van der Waals surface area (Å²) in [6.07, 6.45) is 2.24. The lowest BCUT2D eigenvalue weighted by atomic mass is 10.0. The lowest BCUT2D eigenvalue weighted by Gasteiger charge is -2.16. The zero-order chi connectivity index (χ0) is 14.7. The molecule has 0 aliphatic heterocycles. The standard InChI is InChI=1S/C14H18F2N4/c1-9(2)20-7-6-10(19-20)8-13(18-17)11-4-3-5-12(15)14(11)16/h3-7,9,13,18H,8,17H2,1-2H3. The highest BCUT2D eigenvalue weighted by atomic mass is 19.2. The van der Waals surface area contributed by atoms with Crippen LogP contribution in [0.4, 0.5) is 8.78 Å². The Labute approximate surface area is 116 Å². The third-order valence-corrected chi connectivity index (χ3v) is 3.16. The van der Waals surface area contributed by atoms with Gasteiger partial charge in [0.05, 0.1) is 11.7 Å². The fourth-order valence-electron chi connectivity index (χ4n) is 2.03. The molecule has 20 heavy (non-hydrogen) atoms. The van der Waals surface area contributed by atoms with Crippen LogP contribution in [0.15, 0.2) is 30.5 Å². The number of hydrogen-bond acceptors (Lipinski definition) is 3. The van der Waals surface area contributed by atoms with Crippen molar-refractivity contribution in [3.8, 4) is 0 Å². The molecule has 0 radical (unpaired) electrons. The SMILES string of the molecule is CC(C)n1ccc(CC(NN)c2cccc(F)c2F)n1. The Morgan fingerprint density at radius 1 is 1.30 bits per heavy atom. The van der Waals surface area contributed by atoms with Crippen molar-refractivity contribution in [1.29, 1.82) is 0 Å². The average molecular weight is 280 g/mol. The summed E-state index contributed by atoms with van der Waals surface area (Å²) < 4.78 is 28.9. The number of nitrogens with two attached hydrogens (primary N) is 1. The smallest absolute Gasteiger partial charge is 0.163 e. The number of aromatic nitrogens is 2. The number of rotatable bonds is 5. The third kappa shape index (κ3) is 3.02. The van der Waals surface area contributed by atoms with E-state index in [4.69, 9.17) is 5.84 Å². The largest absolute Gasteiger partial charge is 0.271 e. The van der Waals surface area contributed by atoms with E-state index in [1.54, 1.807) is 0 Å². The van der Waals surface area contributed by atoms with Gasteiger partial charge in [0.1, 0.15) is 0 Å². The highest BCUT2D eigenvalue weighted by molar-refractivity contribution is 5.24. The molecule has 1 heterocycles. The maximum absolute atomic E-state index is 13.8. The van der Waals surface area contributed by atoms with Gasteiger partial charge in [-0.3, -0.25) is 16.0 Å². The minimum atomic E-state index is -0.879. The van der Waals surface area contributed by atoms with Crippen LogP contribution in [0, 0.1) is 11.6 Å². The second kappa shape index (κ2) is 6.11. The summed E-state index contributed by atoms with van der Waals surface area (Å²) in [5, 5.41) is 4.38. The number of nitrogens with one attached hydrogen (secondary N) is 1. The van der Waals surface area contributed by atoms with Crippen LogP contribution in [0.2, 0.25) is 0 Å². The van der Waals surface area contributed by atoms with Gasteiger partial charge in [0.25, 0.3) is 0 Å². The Hall–Kier alpha value is -1.79. The molecular formula is C14H18F2N4. The summed E-state index contributed by atoms with van der Waals surface area (Å²) in [4.78, 5) is 0. The molecule has 108 valence electrons. The molecule has 1 unspecified atom stereocenters. The lowest BCUT2D eigenvalue weighted by molar-refractivity contribution is 0.459. The molecule has 3 N–H and O–H groups in total. The number of nitrogens with zero attached hydrogens (tertiary/aromatic N) is 2. The zero-order valence-electron chi connectivity index (χ0n) is 11.5. The second-order valence-corrected chi connectivity index (χ2v) is 4.95. The van der Waals surface area contributed by atoms with Gasteiger partial charge in [-0.1, -0.05) is 12.1 Å². The molecule has 0 saturated carbocycles. The minimum absolute atomic E-state index is 0.201. The highest BCUT2D eigenvalue weighted by Crippen LogP contribution is 2.22. The van der Waals surface area contributed by atoms with Gasteiger partial charge in [-0.2, -0.15) is 5.10 Å². The average Bonchev–Trinajstić information content (AvgIpc) is 2.88. The van der Waals surface area contributed by atoms with Crippen molar-refractivity contribution in [2.45, 2.75) is 32.4 Å². The number of hydrazine groups is 1. The predicted octanol–water partition coefficient (Wildman–Crippen LogP) is 2.49. The summed E-state index contributed by atoms with van der Waals surface area (Å²) in [6, 6.07) is 5.63. The van der Waals surface area contributed by atoms with Gasteiger partial charge >= 0.3 is 0 Å². The molecule has 4 nitrogen and oxygen atoms in total.